The van der Waals surface area contributed by atoms with Gasteiger partial charge in [-0.1, -0.05) is 36.4 Å². The summed E-state index contributed by atoms with van der Waals surface area (Å²) in [5.74, 6) is 0.871. The number of ether oxygens (including phenoxy) is 1. The number of aliphatic hydroxyl groups excluding tert-OH is 1. The van der Waals surface area contributed by atoms with Gasteiger partial charge in [0.05, 0.1) is 19.3 Å². The van der Waals surface area contributed by atoms with Crippen molar-refractivity contribution in [3.63, 3.8) is 0 Å². The van der Waals surface area contributed by atoms with Crippen molar-refractivity contribution in [2.75, 3.05) is 26.8 Å². The monoisotopic (exact) mass is 314 g/mol. The lowest BCUT2D eigenvalue weighted by Gasteiger charge is -2.23. The second kappa shape index (κ2) is 6.87. The van der Waals surface area contributed by atoms with Crippen LogP contribution in [-0.4, -0.2) is 42.8 Å². The Labute approximate surface area is 135 Å². The quantitative estimate of drug-likeness (QED) is 0.915. The molecule has 0 saturated carbocycles. The summed E-state index contributed by atoms with van der Waals surface area (Å²) in [6.45, 7) is 0.929. The molecule has 5 heteroatoms. The van der Waals surface area contributed by atoms with E-state index in [2.05, 4.69) is 23.5 Å². The molecule has 5 nitrogen and oxygen atoms in total. The van der Waals surface area contributed by atoms with Crippen molar-refractivity contribution in [1.82, 2.24) is 10.2 Å². The summed E-state index contributed by atoms with van der Waals surface area (Å²) in [7, 11) is 1.68. The van der Waals surface area contributed by atoms with Crippen molar-refractivity contribution in [2.24, 2.45) is 0 Å². The topological polar surface area (TPSA) is 61.8 Å². The van der Waals surface area contributed by atoms with Gasteiger partial charge in [-0.05, 0) is 18.2 Å². The molecule has 0 radical (unpaired) electrons. The zero-order valence-electron chi connectivity index (χ0n) is 13.3. The number of aliphatic hydroxyl groups is 1. The highest BCUT2D eigenvalue weighted by molar-refractivity contribution is 5.90. The highest BCUT2D eigenvalue weighted by atomic mass is 16.5. The van der Waals surface area contributed by atoms with Gasteiger partial charge in [-0.3, -0.25) is 0 Å². The fraction of sp³-hybridized carbons (Fsp3) is 0.389. The van der Waals surface area contributed by atoms with Crippen molar-refractivity contribution in [2.45, 2.75) is 18.9 Å². The van der Waals surface area contributed by atoms with Gasteiger partial charge in [0.2, 0.25) is 0 Å². The fourth-order valence-electron chi connectivity index (χ4n) is 2.97. The molecule has 1 atom stereocenters. The average molecular weight is 314 g/mol. The number of benzene rings is 2. The molecule has 0 fully saturated rings. The Balaban J connectivity index is 1.92. The number of carbonyl (C=O) groups excluding carboxylic acids is 1. The second-order valence-electron chi connectivity index (χ2n) is 5.84. The van der Waals surface area contributed by atoms with E-state index in [4.69, 9.17) is 9.84 Å². The number of carbonyl (C=O) groups is 1. The van der Waals surface area contributed by atoms with Crippen LogP contribution in [-0.2, 0) is 0 Å². The van der Waals surface area contributed by atoms with Gasteiger partial charge >= 0.3 is 6.03 Å². The number of nitrogens with zero attached hydrogens (tertiary/aromatic N) is 1. The zero-order valence-corrected chi connectivity index (χ0v) is 13.3. The maximum Gasteiger partial charge on any atom is 0.317 e. The zero-order chi connectivity index (χ0) is 16.2. The Morgan fingerprint density at radius 2 is 2.17 bits per heavy atom. The van der Waals surface area contributed by atoms with E-state index in [9.17, 15) is 4.79 Å². The fourth-order valence-corrected chi connectivity index (χ4v) is 2.97. The van der Waals surface area contributed by atoms with Gasteiger partial charge < -0.3 is 20.1 Å². The van der Waals surface area contributed by atoms with Gasteiger partial charge in [-0.25, -0.2) is 4.79 Å². The van der Waals surface area contributed by atoms with Crippen LogP contribution >= 0.6 is 0 Å². The number of nitrogens with one attached hydrogen (secondary N) is 1. The van der Waals surface area contributed by atoms with Crippen LogP contribution in [0.5, 0.6) is 5.75 Å². The normalized spacial score (nSPS) is 17.0. The lowest BCUT2D eigenvalue weighted by molar-refractivity contribution is 0.186. The van der Waals surface area contributed by atoms with Gasteiger partial charge in [-0.15, -0.1) is 0 Å². The lowest BCUT2D eigenvalue weighted by Crippen LogP contribution is -2.40. The van der Waals surface area contributed by atoms with Gasteiger partial charge in [0.15, 0.2) is 0 Å². The number of fused-ring (bicyclic) bond motifs is 3. The predicted molar refractivity (Wildman–Crippen MR) is 89.7 cm³/mol. The minimum absolute atomic E-state index is 0.0427. The molecule has 122 valence electrons. The van der Waals surface area contributed by atoms with Crippen LogP contribution < -0.4 is 10.1 Å². The van der Waals surface area contributed by atoms with E-state index < -0.39 is 0 Å². The summed E-state index contributed by atoms with van der Waals surface area (Å²) < 4.78 is 5.98. The molecule has 2 aromatic rings. The Bertz CT molecular complexity index is 702. The van der Waals surface area contributed by atoms with Crippen molar-refractivity contribution in [3.8, 4) is 5.75 Å². The highest BCUT2D eigenvalue weighted by Crippen LogP contribution is 2.37. The Morgan fingerprint density at radius 3 is 3.00 bits per heavy atom. The summed E-state index contributed by atoms with van der Waals surface area (Å²) in [6, 6.07) is 12.0. The van der Waals surface area contributed by atoms with Crippen LogP contribution in [0.4, 0.5) is 4.79 Å². The van der Waals surface area contributed by atoms with Crippen LogP contribution in [0.1, 0.15) is 24.4 Å². The third-order valence-electron chi connectivity index (χ3n) is 4.25. The second-order valence-corrected chi connectivity index (χ2v) is 5.84. The number of urea groups is 1. The first kappa shape index (κ1) is 15.6. The molecule has 1 aliphatic heterocycles. The largest absolute Gasteiger partial charge is 0.493 e. The van der Waals surface area contributed by atoms with Gasteiger partial charge in [-0.2, -0.15) is 0 Å². The third kappa shape index (κ3) is 3.24. The molecule has 0 saturated heterocycles. The molecule has 23 heavy (non-hydrogen) atoms. The van der Waals surface area contributed by atoms with Crippen molar-refractivity contribution in [1.29, 1.82) is 0 Å². The first-order chi connectivity index (χ1) is 11.2. The van der Waals surface area contributed by atoms with E-state index in [1.54, 1.807) is 7.05 Å². The molecule has 1 unspecified atom stereocenters. The summed E-state index contributed by atoms with van der Waals surface area (Å²) in [6.07, 6.45) is 1.72. The van der Waals surface area contributed by atoms with E-state index in [-0.39, 0.29) is 18.7 Å². The van der Waals surface area contributed by atoms with Gasteiger partial charge in [0.25, 0.3) is 0 Å². The molecule has 1 heterocycles. The minimum atomic E-state index is -0.176. The summed E-state index contributed by atoms with van der Waals surface area (Å²) in [4.78, 5) is 13.7. The molecule has 1 aliphatic rings. The highest BCUT2D eigenvalue weighted by Gasteiger charge is 2.24. The Kier molecular flexibility index (Phi) is 4.67. The number of amides is 2. The molecule has 2 aromatic carbocycles. The molecule has 0 bridgehead atoms. The summed E-state index contributed by atoms with van der Waals surface area (Å²) in [5.41, 5.74) is 1.02. The number of likely N-dealkylation sites (N-methyl/N-ethyl adjacent to an activating group) is 1. The van der Waals surface area contributed by atoms with Crippen LogP contribution in [0.25, 0.3) is 10.8 Å². The van der Waals surface area contributed by atoms with Crippen LogP contribution in [0.3, 0.4) is 0 Å². The van der Waals surface area contributed by atoms with Crippen LogP contribution in [0, 0.1) is 0 Å². The van der Waals surface area contributed by atoms with Crippen molar-refractivity contribution >= 4 is 16.8 Å². The van der Waals surface area contributed by atoms with Crippen LogP contribution in [0.15, 0.2) is 36.4 Å². The summed E-state index contributed by atoms with van der Waals surface area (Å²) >= 11 is 0. The molecule has 3 rings (SSSR count). The molecule has 2 amide bonds. The Hall–Kier alpha value is -2.27. The first-order valence-electron chi connectivity index (χ1n) is 7.97. The average Bonchev–Trinajstić information content (AvgIpc) is 2.77. The van der Waals surface area contributed by atoms with E-state index in [1.807, 2.05) is 18.2 Å². The van der Waals surface area contributed by atoms with E-state index in [1.165, 1.54) is 4.90 Å². The maximum absolute atomic E-state index is 12.2. The van der Waals surface area contributed by atoms with Crippen LogP contribution in [0.2, 0.25) is 0 Å². The van der Waals surface area contributed by atoms with Gasteiger partial charge in [0, 0.05) is 24.5 Å². The standard InChI is InChI=1S/C18H22N2O3/c1-20(10-11-21)18(22)19-16-7-4-12-23-17-14-6-3-2-5-13(14)8-9-15(16)17/h2-3,5-6,8-9,16,21H,4,7,10-12H2,1H3,(H,19,22). The summed E-state index contributed by atoms with van der Waals surface area (Å²) in [5, 5.41) is 14.2. The lowest BCUT2D eigenvalue weighted by atomic mass is 9.98. The number of rotatable bonds is 3. The van der Waals surface area contributed by atoms with E-state index in [0.29, 0.717) is 13.2 Å². The predicted octanol–water partition coefficient (Wildman–Crippen LogP) is 2.69. The molecule has 0 spiro atoms. The molecule has 0 aromatic heterocycles. The van der Waals surface area contributed by atoms with Crippen molar-refractivity contribution < 1.29 is 14.6 Å². The van der Waals surface area contributed by atoms with Gasteiger partial charge in [0.1, 0.15) is 5.75 Å². The van der Waals surface area contributed by atoms with E-state index in [0.717, 1.165) is 34.9 Å². The minimum Gasteiger partial charge on any atom is -0.493 e. The number of hydrogen-bond acceptors (Lipinski definition) is 3. The van der Waals surface area contributed by atoms with Crippen molar-refractivity contribution in [3.05, 3.63) is 42.0 Å². The third-order valence-corrected chi connectivity index (χ3v) is 4.25. The maximum atomic E-state index is 12.2. The smallest absolute Gasteiger partial charge is 0.317 e. The van der Waals surface area contributed by atoms with E-state index >= 15 is 0 Å². The molecular formula is C18H22N2O3. The molecule has 0 aliphatic carbocycles. The molecular weight excluding hydrogens is 292 g/mol. The SMILES string of the molecule is CN(CCO)C(=O)NC1CCCOc2c1ccc1ccccc21. The Morgan fingerprint density at radius 1 is 1.35 bits per heavy atom. The first-order valence-corrected chi connectivity index (χ1v) is 7.97. The number of hydrogen-bond donors (Lipinski definition) is 2. The molecule has 2 N–H and O–H groups in total.